The van der Waals surface area contributed by atoms with E-state index in [0.29, 0.717) is 24.1 Å². The van der Waals surface area contributed by atoms with Crippen molar-refractivity contribution in [3.63, 3.8) is 0 Å². The summed E-state index contributed by atoms with van der Waals surface area (Å²) in [6, 6.07) is 7.61. The first-order valence-electron chi connectivity index (χ1n) is 10.7. The number of imidazole rings is 1. The Morgan fingerprint density at radius 3 is 2.94 bits per heavy atom. The van der Waals surface area contributed by atoms with Crippen molar-refractivity contribution in [1.29, 1.82) is 0 Å². The molecule has 1 fully saturated rings. The molecule has 32 heavy (non-hydrogen) atoms. The molecule has 1 aliphatic rings. The Balaban J connectivity index is 1.58. The summed E-state index contributed by atoms with van der Waals surface area (Å²) in [5.74, 6) is 6.72. The van der Waals surface area contributed by atoms with Gasteiger partial charge in [-0.1, -0.05) is 5.92 Å². The van der Waals surface area contributed by atoms with Crippen molar-refractivity contribution in [2.24, 2.45) is 5.73 Å². The van der Waals surface area contributed by atoms with Crippen LogP contribution in [0, 0.1) is 11.8 Å². The average molecular weight is 429 g/mol. The van der Waals surface area contributed by atoms with Crippen LogP contribution < -0.4 is 16.2 Å². The van der Waals surface area contributed by atoms with Crippen LogP contribution >= 0.6 is 0 Å². The molecule has 2 N–H and O–H groups in total. The van der Waals surface area contributed by atoms with Crippen LogP contribution in [0.25, 0.3) is 22.1 Å². The summed E-state index contributed by atoms with van der Waals surface area (Å²) in [4.78, 5) is 29.3. The Kier molecular flexibility index (Phi) is 5.29. The summed E-state index contributed by atoms with van der Waals surface area (Å²) >= 11 is 0. The van der Waals surface area contributed by atoms with E-state index in [1.165, 1.54) is 4.68 Å². The number of rotatable bonds is 4. The van der Waals surface area contributed by atoms with Crippen LogP contribution in [0.1, 0.15) is 25.5 Å². The topological polar surface area (TPSA) is 108 Å². The number of hydrogen-bond donors (Lipinski definition) is 1. The second-order valence-corrected chi connectivity index (χ2v) is 7.96. The van der Waals surface area contributed by atoms with Crippen molar-refractivity contribution in [2.45, 2.75) is 38.9 Å². The lowest BCUT2D eigenvalue weighted by molar-refractivity contribution is 0.496. The molecular formula is C23H24N8O. The summed E-state index contributed by atoms with van der Waals surface area (Å²) in [5, 5.41) is 4.37. The van der Waals surface area contributed by atoms with Crippen LogP contribution in [0.3, 0.4) is 0 Å². The number of nitrogens with zero attached hydrogens (tertiary/aromatic N) is 7. The lowest BCUT2D eigenvalue weighted by Gasteiger charge is -2.31. The minimum Gasteiger partial charge on any atom is -0.341 e. The van der Waals surface area contributed by atoms with Gasteiger partial charge < -0.3 is 10.6 Å². The molecule has 5 heterocycles. The Hall–Kier alpha value is -3.77. The fraction of sp³-hybridized carbons (Fsp3) is 0.348. The van der Waals surface area contributed by atoms with Crippen molar-refractivity contribution in [1.82, 2.24) is 29.3 Å². The maximum Gasteiger partial charge on any atom is 0.293 e. The van der Waals surface area contributed by atoms with Gasteiger partial charge in [0.2, 0.25) is 5.95 Å². The van der Waals surface area contributed by atoms with Crippen molar-refractivity contribution in [3.8, 4) is 11.8 Å². The second-order valence-electron chi connectivity index (χ2n) is 7.96. The van der Waals surface area contributed by atoms with E-state index in [1.54, 1.807) is 19.3 Å². The standard InChI is InChI=1S/C23H24N8O/c1-2-3-12-30-21-20(28-23(30)29-11-5-6-16(24)14-29)13-26-31(22(21)32)15-17-8-9-18-19(27-17)7-4-10-25-18/h4,7-10,13,16H,5-6,11-12,14-15,24H2,1H3/t16-/m1/s1. The summed E-state index contributed by atoms with van der Waals surface area (Å²) in [6.45, 7) is 3.99. The lowest BCUT2D eigenvalue weighted by atomic mass is 10.1. The molecule has 9 nitrogen and oxygen atoms in total. The van der Waals surface area contributed by atoms with Gasteiger partial charge >= 0.3 is 0 Å². The van der Waals surface area contributed by atoms with Gasteiger partial charge in [-0.05, 0) is 44.0 Å². The molecule has 5 rings (SSSR count). The zero-order valence-electron chi connectivity index (χ0n) is 17.9. The zero-order valence-corrected chi connectivity index (χ0v) is 17.9. The molecule has 1 atom stereocenters. The van der Waals surface area contributed by atoms with Gasteiger partial charge in [0, 0.05) is 25.3 Å². The lowest BCUT2D eigenvalue weighted by Crippen LogP contribution is -2.44. The molecule has 0 unspecified atom stereocenters. The van der Waals surface area contributed by atoms with Crippen molar-refractivity contribution in [3.05, 3.63) is 52.7 Å². The molecule has 162 valence electrons. The average Bonchev–Trinajstić information content (AvgIpc) is 3.19. The molecule has 4 aromatic rings. The Labute approximate surface area is 184 Å². The molecule has 1 saturated heterocycles. The van der Waals surface area contributed by atoms with Gasteiger partial charge in [0.1, 0.15) is 11.0 Å². The van der Waals surface area contributed by atoms with Crippen molar-refractivity contribution >= 4 is 28.0 Å². The van der Waals surface area contributed by atoms with Gasteiger partial charge in [0.15, 0.2) is 0 Å². The number of nitrogens with two attached hydrogens (primary N) is 1. The van der Waals surface area contributed by atoms with Crippen molar-refractivity contribution in [2.75, 3.05) is 18.0 Å². The first-order valence-corrected chi connectivity index (χ1v) is 10.7. The first-order chi connectivity index (χ1) is 15.6. The highest BCUT2D eigenvalue weighted by Gasteiger charge is 2.24. The molecule has 0 aromatic carbocycles. The Morgan fingerprint density at radius 2 is 2.09 bits per heavy atom. The van der Waals surface area contributed by atoms with Crippen LogP contribution in [0.2, 0.25) is 0 Å². The number of pyridine rings is 2. The van der Waals surface area contributed by atoms with Crippen molar-refractivity contribution < 1.29 is 0 Å². The second kappa shape index (κ2) is 8.40. The SMILES string of the molecule is CC#CCn1c(N2CCC[C@@H](N)C2)nc2cnn(Cc3ccc4ncccc4n3)c(=O)c21. The normalized spacial score (nSPS) is 16.3. The fourth-order valence-corrected chi connectivity index (χ4v) is 4.17. The Bertz CT molecular complexity index is 1410. The summed E-state index contributed by atoms with van der Waals surface area (Å²) < 4.78 is 3.32. The van der Waals surface area contributed by atoms with E-state index in [0.717, 1.165) is 42.1 Å². The third kappa shape index (κ3) is 3.69. The number of hydrogen-bond acceptors (Lipinski definition) is 7. The van der Waals surface area contributed by atoms with E-state index < -0.39 is 0 Å². The maximum atomic E-state index is 13.4. The van der Waals surface area contributed by atoms with E-state index in [9.17, 15) is 4.79 Å². The van der Waals surface area contributed by atoms with Gasteiger partial charge in [-0.25, -0.2) is 14.6 Å². The number of anilines is 1. The highest BCUT2D eigenvalue weighted by molar-refractivity contribution is 5.77. The monoisotopic (exact) mass is 428 g/mol. The molecule has 0 aliphatic carbocycles. The van der Waals surface area contributed by atoms with Gasteiger partial charge in [0.25, 0.3) is 5.56 Å². The Morgan fingerprint density at radius 1 is 1.19 bits per heavy atom. The third-order valence-corrected chi connectivity index (χ3v) is 5.71. The zero-order chi connectivity index (χ0) is 22.1. The molecule has 0 spiro atoms. The predicted molar refractivity (Wildman–Crippen MR) is 123 cm³/mol. The third-order valence-electron chi connectivity index (χ3n) is 5.71. The van der Waals surface area contributed by atoms with Gasteiger partial charge in [-0.2, -0.15) is 5.10 Å². The maximum absolute atomic E-state index is 13.4. The summed E-state index contributed by atoms with van der Waals surface area (Å²) in [6.07, 6.45) is 5.36. The van der Waals surface area contributed by atoms with Crippen LogP contribution in [-0.4, -0.2) is 48.4 Å². The molecule has 0 amide bonds. The van der Waals surface area contributed by atoms with E-state index in [1.807, 2.05) is 28.8 Å². The highest BCUT2D eigenvalue weighted by atomic mass is 16.1. The summed E-state index contributed by atoms with van der Waals surface area (Å²) in [7, 11) is 0. The van der Waals surface area contributed by atoms with E-state index in [4.69, 9.17) is 10.7 Å². The van der Waals surface area contributed by atoms with Gasteiger partial charge in [0.05, 0.1) is 36.0 Å². The smallest absolute Gasteiger partial charge is 0.293 e. The van der Waals surface area contributed by atoms with Crippen LogP contribution in [0.4, 0.5) is 5.95 Å². The molecule has 4 aromatic heterocycles. The molecule has 1 aliphatic heterocycles. The molecule has 0 saturated carbocycles. The molecule has 0 radical (unpaired) electrons. The number of piperidine rings is 1. The molecule has 0 bridgehead atoms. The molecule has 9 heteroatoms. The van der Waals surface area contributed by atoms with Gasteiger partial charge in [-0.3, -0.25) is 14.3 Å². The number of fused-ring (bicyclic) bond motifs is 2. The number of aromatic nitrogens is 6. The van der Waals surface area contributed by atoms with E-state index in [-0.39, 0.29) is 18.1 Å². The summed E-state index contributed by atoms with van der Waals surface area (Å²) in [5.41, 5.74) is 9.37. The van der Waals surface area contributed by atoms with E-state index >= 15 is 0 Å². The quantitative estimate of drug-likeness (QED) is 0.491. The van der Waals surface area contributed by atoms with Crippen LogP contribution in [-0.2, 0) is 13.1 Å². The predicted octanol–water partition coefficient (Wildman–Crippen LogP) is 1.54. The molecular weight excluding hydrogens is 404 g/mol. The largest absolute Gasteiger partial charge is 0.341 e. The fourth-order valence-electron chi connectivity index (χ4n) is 4.17. The van der Waals surface area contributed by atoms with E-state index in [2.05, 4.69) is 31.8 Å². The first kappa shape index (κ1) is 20.2. The van der Waals surface area contributed by atoms with Crippen LogP contribution in [0.15, 0.2) is 41.5 Å². The van der Waals surface area contributed by atoms with Crippen LogP contribution in [0.5, 0.6) is 0 Å². The highest BCUT2D eigenvalue weighted by Crippen LogP contribution is 2.23. The minimum atomic E-state index is -0.214. The van der Waals surface area contributed by atoms with Gasteiger partial charge in [-0.15, -0.1) is 5.92 Å². The minimum absolute atomic E-state index is 0.0949.